The van der Waals surface area contributed by atoms with E-state index in [4.69, 9.17) is 10.2 Å². The van der Waals surface area contributed by atoms with Crippen LogP contribution in [0.3, 0.4) is 0 Å². The lowest BCUT2D eigenvalue weighted by Gasteiger charge is -1.99. The van der Waals surface area contributed by atoms with Crippen molar-refractivity contribution in [1.29, 1.82) is 0 Å². The Kier molecular flexibility index (Phi) is 4.11. The number of hydrogen-bond acceptors (Lipinski definition) is 3. The van der Waals surface area contributed by atoms with Crippen molar-refractivity contribution < 1.29 is 4.42 Å². The summed E-state index contributed by atoms with van der Waals surface area (Å²) in [6.07, 6.45) is 1.51. The number of hydrogen-bond donors (Lipinski definition) is 2. The molecule has 0 saturated carbocycles. The van der Waals surface area contributed by atoms with Gasteiger partial charge in [-0.15, -0.1) is 0 Å². The van der Waals surface area contributed by atoms with Crippen LogP contribution in [0.15, 0.2) is 50.4 Å². The molecule has 4 nitrogen and oxygen atoms in total. The first-order chi connectivity index (χ1) is 8.66. The van der Waals surface area contributed by atoms with Gasteiger partial charge < -0.3 is 10.2 Å². The van der Waals surface area contributed by atoms with Crippen molar-refractivity contribution in [3.63, 3.8) is 0 Å². The molecular weight excluding hydrogens is 314 g/mol. The standard InChI is InChI=1S/C12H10BrN3OS/c13-10-4-2-1-3-9(10)11-6-5-8(17-11)7-15-16-12(14)18/h1-7H,(H3,14,16,18). The summed E-state index contributed by atoms with van der Waals surface area (Å²) in [5.41, 5.74) is 8.69. The number of thiocarbonyl (C=S) groups is 1. The molecule has 0 amide bonds. The number of nitrogens with zero attached hydrogens (tertiary/aromatic N) is 1. The molecule has 2 rings (SSSR count). The summed E-state index contributed by atoms with van der Waals surface area (Å²) in [5.74, 6) is 1.38. The fourth-order valence-electron chi connectivity index (χ4n) is 1.39. The van der Waals surface area contributed by atoms with Crippen molar-refractivity contribution in [3.05, 3.63) is 46.6 Å². The maximum Gasteiger partial charge on any atom is 0.184 e. The second-order valence-electron chi connectivity index (χ2n) is 3.42. The highest BCUT2D eigenvalue weighted by Gasteiger charge is 2.06. The molecule has 2 aromatic rings. The van der Waals surface area contributed by atoms with Gasteiger partial charge in [0, 0.05) is 10.0 Å². The van der Waals surface area contributed by atoms with Crippen LogP contribution >= 0.6 is 28.1 Å². The van der Waals surface area contributed by atoms with E-state index in [-0.39, 0.29) is 5.11 Å². The topological polar surface area (TPSA) is 63.5 Å². The maximum atomic E-state index is 5.63. The van der Waals surface area contributed by atoms with Gasteiger partial charge in [-0.25, -0.2) is 0 Å². The lowest BCUT2D eigenvalue weighted by molar-refractivity contribution is 0.574. The second kappa shape index (κ2) is 5.79. The molecule has 0 fully saturated rings. The summed E-state index contributed by atoms with van der Waals surface area (Å²) in [7, 11) is 0. The van der Waals surface area contributed by atoms with E-state index in [0.717, 1.165) is 15.8 Å². The lowest BCUT2D eigenvalue weighted by Crippen LogP contribution is -2.23. The highest BCUT2D eigenvalue weighted by Crippen LogP contribution is 2.28. The Labute approximate surface area is 118 Å². The third kappa shape index (κ3) is 3.18. The molecule has 3 N–H and O–H groups in total. The summed E-state index contributed by atoms with van der Waals surface area (Å²) >= 11 is 8.10. The number of hydrazone groups is 1. The van der Waals surface area contributed by atoms with E-state index in [1.807, 2.05) is 36.4 Å². The normalized spacial score (nSPS) is 10.7. The van der Waals surface area contributed by atoms with Crippen molar-refractivity contribution in [2.45, 2.75) is 0 Å². The summed E-state index contributed by atoms with van der Waals surface area (Å²) in [6.45, 7) is 0. The van der Waals surface area contributed by atoms with Crippen molar-refractivity contribution in [3.8, 4) is 11.3 Å². The molecule has 0 aliphatic heterocycles. The Morgan fingerprint density at radius 2 is 2.11 bits per heavy atom. The quantitative estimate of drug-likeness (QED) is 0.518. The van der Waals surface area contributed by atoms with Crippen LogP contribution in [0, 0.1) is 0 Å². The Morgan fingerprint density at radius 1 is 1.33 bits per heavy atom. The largest absolute Gasteiger partial charge is 0.455 e. The number of nitrogens with two attached hydrogens (primary N) is 1. The fourth-order valence-corrected chi connectivity index (χ4v) is 1.92. The molecule has 92 valence electrons. The van der Waals surface area contributed by atoms with Crippen LogP contribution in [0.2, 0.25) is 0 Å². The zero-order chi connectivity index (χ0) is 13.0. The minimum Gasteiger partial charge on any atom is -0.455 e. The van der Waals surface area contributed by atoms with Crippen LogP contribution < -0.4 is 11.2 Å². The lowest BCUT2D eigenvalue weighted by atomic mass is 10.2. The van der Waals surface area contributed by atoms with Crippen LogP contribution in [-0.4, -0.2) is 11.3 Å². The van der Waals surface area contributed by atoms with Gasteiger partial charge in [-0.3, -0.25) is 5.43 Å². The van der Waals surface area contributed by atoms with Gasteiger partial charge in [-0.05, 0) is 30.4 Å². The van der Waals surface area contributed by atoms with E-state index < -0.39 is 0 Å². The van der Waals surface area contributed by atoms with Crippen molar-refractivity contribution in [2.24, 2.45) is 10.8 Å². The van der Waals surface area contributed by atoms with Gasteiger partial charge in [0.05, 0.1) is 6.21 Å². The molecule has 0 aliphatic rings. The average molecular weight is 324 g/mol. The molecule has 0 spiro atoms. The molecule has 0 unspecified atom stereocenters. The van der Waals surface area contributed by atoms with Gasteiger partial charge >= 0.3 is 0 Å². The van der Waals surface area contributed by atoms with Crippen LogP contribution in [0.5, 0.6) is 0 Å². The first kappa shape index (κ1) is 12.8. The first-order valence-corrected chi connectivity index (χ1v) is 6.30. The average Bonchev–Trinajstić information content (AvgIpc) is 2.78. The summed E-state index contributed by atoms with van der Waals surface area (Å²) in [5, 5.41) is 3.94. The van der Waals surface area contributed by atoms with Gasteiger partial charge in [0.2, 0.25) is 0 Å². The van der Waals surface area contributed by atoms with Crippen LogP contribution in [0.1, 0.15) is 5.76 Å². The number of halogens is 1. The van der Waals surface area contributed by atoms with Gasteiger partial charge in [0.25, 0.3) is 0 Å². The zero-order valence-electron chi connectivity index (χ0n) is 9.26. The van der Waals surface area contributed by atoms with Crippen LogP contribution in [0.4, 0.5) is 0 Å². The third-order valence-corrected chi connectivity index (χ3v) is 2.92. The smallest absolute Gasteiger partial charge is 0.184 e. The van der Waals surface area contributed by atoms with E-state index in [1.54, 1.807) is 0 Å². The minimum atomic E-state index is 0.115. The molecule has 1 aromatic heterocycles. The molecule has 0 aliphatic carbocycles. The number of rotatable bonds is 3. The summed E-state index contributed by atoms with van der Waals surface area (Å²) < 4.78 is 6.60. The molecular formula is C12H10BrN3OS. The Hall–Kier alpha value is -1.66. The number of benzene rings is 1. The Balaban J connectivity index is 2.18. The summed E-state index contributed by atoms with van der Waals surface area (Å²) in [6, 6.07) is 11.5. The SMILES string of the molecule is NC(=S)NN=Cc1ccc(-c2ccccc2Br)o1. The fraction of sp³-hybridized carbons (Fsp3) is 0. The predicted molar refractivity (Wildman–Crippen MR) is 79.4 cm³/mol. The van der Waals surface area contributed by atoms with Crippen molar-refractivity contribution >= 4 is 39.5 Å². The van der Waals surface area contributed by atoms with E-state index >= 15 is 0 Å². The highest BCUT2D eigenvalue weighted by molar-refractivity contribution is 9.10. The van der Waals surface area contributed by atoms with E-state index in [0.29, 0.717) is 5.76 Å². The van der Waals surface area contributed by atoms with Gasteiger partial charge in [-0.1, -0.05) is 34.1 Å². The molecule has 18 heavy (non-hydrogen) atoms. The first-order valence-electron chi connectivity index (χ1n) is 5.10. The monoisotopic (exact) mass is 323 g/mol. The van der Waals surface area contributed by atoms with Gasteiger partial charge in [0.15, 0.2) is 5.11 Å². The second-order valence-corrected chi connectivity index (χ2v) is 4.71. The Morgan fingerprint density at radius 3 is 2.83 bits per heavy atom. The molecule has 6 heteroatoms. The summed E-state index contributed by atoms with van der Waals surface area (Å²) in [4.78, 5) is 0. The molecule has 0 radical (unpaired) electrons. The highest BCUT2D eigenvalue weighted by atomic mass is 79.9. The van der Waals surface area contributed by atoms with Crippen LogP contribution in [0.25, 0.3) is 11.3 Å². The van der Waals surface area contributed by atoms with Crippen LogP contribution in [-0.2, 0) is 0 Å². The molecule has 0 atom stereocenters. The molecule has 0 bridgehead atoms. The van der Waals surface area contributed by atoms with Gasteiger partial charge in [0.1, 0.15) is 11.5 Å². The molecule has 1 heterocycles. The molecule has 1 aromatic carbocycles. The number of nitrogens with one attached hydrogen (secondary N) is 1. The zero-order valence-corrected chi connectivity index (χ0v) is 11.7. The van der Waals surface area contributed by atoms with Gasteiger partial charge in [-0.2, -0.15) is 5.10 Å². The minimum absolute atomic E-state index is 0.115. The third-order valence-electron chi connectivity index (χ3n) is 2.13. The van der Waals surface area contributed by atoms with Crippen molar-refractivity contribution in [1.82, 2.24) is 5.43 Å². The van der Waals surface area contributed by atoms with E-state index in [9.17, 15) is 0 Å². The Bertz CT molecular complexity index is 595. The number of furan rings is 1. The van der Waals surface area contributed by atoms with E-state index in [1.165, 1.54) is 6.21 Å². The maximum absolute atomic E-state index is 5.63. The molecule has 0 saturated heterocycles. The van der Waals surface area contributed by atoms with E-state index in [2.05, 4.69) is 38.7 Å². The predicted octanol–water partition coefficient (Wildman–Crippen LogP) is 2.88. The van der Waals surface area contributed by atoms with Crippen molar-refractivity contribution in [2.75, 3.05) is 0 Å².